The van der Waals surface area contributed by atoms with E-state index in [4.69, 9.17) is 4.74 Å². The maximum Gasteiger partial charge on any atom is 0.0897 e. The molecule has 6 heteroatoms. The topological polar surface area (TPSA) is 50.3 Å². The predicted octanol–water partition coefficient (Wildman–Crippen LogP) is 2.94. The van der Waals surface area contributed by atoms with E-state index in [0.29, 0.717) is 18.1 Å². The monoisotopic (exact) mass is 344 g/mol. The van der Waals surface area contributed by atoms with Crippen molar-refractivity contribution in [2.45, 2.75) is 38.5 Å². The molecule has 1 saturated carbocycles. The number of rotatable bonds is 5. The molecule has 0 radical (unpaired) electrons. The molecule has 1 saturated heterocycles. The highest BCUT2D eigenvalue weighted by atomic mass is 32.1. The molecule has 3 atom stereocenters. The van der Waals surface area contributed by atoms with E-state index < -0.39 is 0 Å². The second-order valence-electron chi connectivity index (χ2n) is 6.69. The number of thiazole rings is 1. The van der Waals surface area contributed by atoms with E-state index in [0.717, 1.165) is 36.9 Å². The molecule has 0 spiro atoms. The number of morpholine rings is 1. The number of nitrogens with one attached hydrogen (secondary N) is 1. The summed E-state index contributed by atoms with van der Waals surface area (Å²) in [6.45, 7) is 5.83. The predicted molar refractivity (Wildman–Crippen MR) is 96.2 cm³/mol. The quantitative estimate of drug-likeness (QED) is 0.904. The van der Waals surface area contributed by atoms with Gasteiger partial charge in [-0.2, -0.15) is 0 Å². The highest BCUT2D eigenvalue weighted by Crippen LogP contribution is 2.35. The van der Waals surface area contributed by atoms with Crippen LogP contribution in [0.4, 0.5) is 5.69 Å². The maximum absolute atomic E-state index is 6.16. The Balaban J connectivity index is 1.37. The lowest BCUT2D eigenvalue weighted by atomic mass is 10.0. The summed E-state index contributed by atoms with van der Waals surface area (Å²) in [6.07, 6.45) is 6.45. The summed E-state index contributed by atoms with van der Waals surface area (Å²) in [7, 11) is 0. The van der Waals surface area contributed by atoms with Gasteiger partial charge >= 0.3 is 0 Å². The van der Waals surface area contributed by atoms with Crippen LogP contribution in [0.3, 0.4) is 0 Å². The summed E-state index contributed by atoms with van der Waals surface area (Å²) in [5, 5.41) is 6.86. The third-order valence-electron chi connectivity index (χ3n) is 5.10. The van der Waals surface area contributed by atoms with Crippen molar-refractivity contribution >= 4 is 17.0 Å². The molecular weight excluding hydrogens is 320 g/mol. The number of fused-ring (bicyclic) bond motifs is 1. The van der Waals surface area contributed by atoms with Crippen LogP contribution >= 0.6 is 11.3 Å². The SMILES string of the molecule is Cc1nc(CN2CCO[C@@H]3[C@@H](CNc4cccnc4)CC[C@H]32)cs1. The van der Waals surface area contributed by atoms with E-state index in [1.165, 1.54) is 18.5 Å². The number of ether oxygens (including phenoxy) is 1. The van der Waals surface area contributed by atoms with Crippen LogP contribution in [0.25, 0.3) is 0 Å². The standard InChI is InChI=1S/C18H24N4OS/c1-13-21-16(12-24-13)11-22-7-8-23-18-14(4-5-17(18)22)9-20-15-3-2-6-19-10-15/h2-3,6,10,12,14,17-18,20H,4-5,7-9,11H2,1H3/t14-,17-,18-/m1/s1. The number of pyridine rings is 1. The molecule has 128 valence electrons. The molecule has 5 nitrogen and oxygen atoms in total. The van der Waals surface area contributed by atoms with Crippen molar-refractivity contribution in [2.24, 2.45) is 5.92 Å². The van der Waals surface area contributed by atoms with E-state index in [1.807, 2.05) is 12.3 Å². The molecule has 0 unspecified atom stereocenters. The summed E-state index contributed by atoms with van der Waals surface area (Å²) in [6, 6.07) is 4.56. The third kappa shape index (κ3) is 3.45. The van der Waals surface area contributed by atoms with Crippen LogP contribution in [0.1, 0.15) is 23.5 Å². The van der Waals surface area contributed by atoms with Crippen molar-refractivity contribution < 1.29 is 4.74 Å². The first-order valence-electron chi connectivity index (χ1n) is 8.70. The number of aryl methyl sites for hydroxylation is 1. The summed E-state index contributed by atoms with van der Waals surface area (Å²) in [5.41, 5.74) is 2.29. The van der Waals surface area contributed by atoms with Crippen LogP contribution in [0.5, 0.6) is 0 Å². The largest absolute Gasteiger partial charge is 0.383 e. The number of anilines is 1. The normalized spacial score (nSPS) is 27.1. The highest BCUT2D eigenvalue weighted by molar-refractivity contribution is 7.09. The van der Waals surface area contributed by atoms with Crippen LogP contribution in [-0.2, 0) is 11.3 Å². The Bertz CT molecular complexity index is 662. The lowest BCUT2D eigenvalue weighted by Gasteiger charge is -2.39. The van der Waals surface area contributed by atoms with E-state index in [-0.39, 0.29) is 0 Å². The molecule has 2 fully saturated rings. The van der Waals surface area contributed by atoms with Crippen molar-refractivity contribution in [1.82, 2.24) is 14.9 Å². The van der Waals surface area contributed by atoms with E-state index in [2.05, 4.69) is 38.6 Å². The Labute approximate surface area is 147 Å². The number of hydrogen-bond acceptors (Lipinski definition) is 6. The smallest absolute Gasteiger partial charge is 0.0897 e. The Morgan fingerprint density at radius 2 is 2.38 bits per heavy atom. The molecule has 3 heterocycles. The fourth-order valence-corrected chi connectivity index (χ4v) is 4.56. The summed E-state index contributed by atoms with van der Waals surface area (Å²) in [5.74, 6) is 0.565. The van der Waals surface area contributed by atoms with Gasteiger partial charge in [0.25, 0.3) is 0 Å². The van der Waals surface area contributed by atoms with E-state index >= 15 is 0 Å². The zero-order valence-corrected chi connectivity index (χ0v) is 14.8. The van der Waals surface area contributed by atoms with Gasteiger partial charge < -0.3 is 10.1 Å². The van der Waals surface area contributed by atoms with Crippen LogP contribution in [0, 0.1) is 12.8 Å². The Kier molecular flexibility index (Phi) is 4.78. The van der Waals surface area contributed by atoms with Gasteiger partial charge in [-0.25, -0.2) is 4.98 Å². The average molecular weight is 344 g/mol. The van der Waals surface area contributed by atoms with Gasteiger partial charge in [-0.1, -0.05) is 0 Å². The fourth-order valence-electron chi connectivity index (χ4n) is 3.96. The molecule has 2 aromatic heterocycles. The molecule has 0 aromatic carbocycles. The fraction of sp³-hybridized carbons (Fsp3) is 0.556. The van der Waals surface area contributed by atoms with Crippen molar-refractivity contribution in [3.05, 3.63) is 40.6 Å². The van der Waals surface area contributed by atoms with Crippen molar-refractivity contribution in [3.63, 3.8) is 0 Å². The third-order valence-corrected chi connectivity index (χ3v) is 5.92. The summed E-state index contributed by atoms with van der Waals surface area (Å²) in [4.78, 5) is 11.4. The number of aromatic nitrogens is 2. The zero-order valence-electron chi connectivity index (χ0n) is 14.0. The van der Waals surface area contributed by atoms with Crippen molar-refractivity contribution in [1.29, 1.82) is 0 Å². The lowest BCUT2D eigenvalue weighted by molar-refractivity contribution is -0.0747. The van der Waals surface area contributed by atoms with Gasteiger partial charge in [0.2, 0.25) is 0 Å². The van der Waals surface area contributed by atoms with Gasteiger partial charge in [0.15, 0.2) is 0 Å². The first-order valence-corrected chi connectivity index (χ1v) is 9.58. The summed E-state index contributed by atoms with van der Waals surface area (Å²) < 4.78 is 6.16. The van der Waals surface area contributed by atoms with Crippen LogP contribution in [0.2, 0.25) is 0 Å². The molecule has 2 aliphatic rings. The molecule has 4 rings (SSSR count). The van der Waals surface area contributed by atoms with Crippen molar-refractivity contribution in [3.8, 4) is 0 Å². The highest BCUT2D eigenvalue weighted by Gasteiger charge is 2.42. The number of nitrogens with zero attached hydrogens (tertiary/aromatic N) is 3. The van der Waals surface area contributed by atoms with Crippen LogP contribution < -0.4 is 5.32 Å². The second kappa shape index (κ2) is 7.17. The van der Waals surface area contributed by atoms with Gasteiger partial charge in [-0.05, 0) is 31.9 Å². The molecule has 24 heavy (non-hydrogen) atoms. The number of hydrogen-bond donors (Lipinski definition) is 1. The van der Waals surface area contributed by atoms with Gasteiger partial charge in [-0.15, -0.1) is 11.3 Å². The minimum atomic E-state index is 0.336. The molecule has 0 bridgehead atoms. The van der Waals surface area contributed by atoms with Gasteiger partial charge in [0.05, 0.1) is 29.1 Å². The molecule has 0 amide bonds. The molecule has 1 aliphatic carbocycles. The van der Waals surface area contributed by atoms with Crippen LogP contribution in [-0.4, -0.2) is 46.7 Å². The average Bonchev–Trinajstić information content (AvgIpc) is 3.21. The van der Waals surface area contributed by atoms with E-state index in [1.54, 1.807) is 17.5 Å². The molecule has 1 N–H and O–H groups in total. The molecule has 2 aromatic rings. The van der Waals surface area contributed by atoms with Crippen LogP contribution in [0.15, 0.2) is 29.9 Å². The van der Waals surface area contributed by atoms with Gasteiger partial charge in [0.1, 0.15) is 0 Å². The Morgan fingerprint density at radius 3 is 3.17 bits per heavy atom. The lowest BCUT2D eigenvalue weighted by Crippen LogP contribution is -2.50. The minimum absolute atomic E-state index is 0.336. The van der Waals surface area contributed by atoms with Gasteiger partial charge in [0, 0.05) is 49.4 Å². The first-order chi connectivity index (χ1) is 11.8. The summed E-state index contributed by atoms with van der Waals surface area (Å²) >= 11 is 1.74. The first kappa shape index (κ1) is 16.0. The zero-order chi connectivity index (χ0) is 16.4. The van der Waals surface area contributed by atoms with Gasteiger partial charge in [-0.3, -0.25) is 9.88 Å². The minimum Gasteiger partial charge on any atom is -0.383 e. The Morgan fingerprint density at radius 1 is 1.42 bits per heavy atom. The van der Waals surface area contributed by atoms with Crippen molar-refractivity contribution in [2.75, 3.05) is 25.0 Å². The Hall–Kier alpha value is -1.50. The molecule has 1 aliphatic heterocycles. The van der Waals surface area contributed by atoms with E-state index in [9.17, 15) is 0 Å². The maximum atomic E-state index is 6.16. The second-order valence-corrected chi connectivity index (χ2v) is 7.75. The molecular formula is C18H24N4OS.